The Hall–Kier alpha value is -4.13. The van der Waals surface area contributed by atoms with Crippen molar-refractivity contribution in [3.8, 4) is 11.1 Å². The van der Waals surface area contributed by atoms with Gasteiger partial charge in [0.15, 0.2) is 0 Å². The van der Waals surface area contributed by atoms with Gasteiger partial charge >= 0.3 is 12.1 Å². The van der Waals surface area contributed by atoms with Crippen LogP contribution in [0.5, 0.6) is 0 Å². The van der Waals surface area contributed by atoms with E-state index in [9.17, 15) is 19.5 Å². The number of carboxylic acid groups (broad SMARTS) is 1. The lowest BCUT2D eigenvalue weighted by Crippen LogP contribution is -2.39. The average molecular weight is 459 g/mol. The maximum atomic E-state index is 12.7. The van der Waals surface area contributed by atoms with Gasteiger partial charge in [0.05, 0.1) is 11.3 Å². The molecule has 0 fully saturated rings. The molecular formula is C27H26N2O5. The fourth-order valence-corrected chi connectivity index (χ4v) is 4.37. The molecule has 0 heterocycles. The van der Waals surface area contributed by atoms with Crippen LogP contribution in [0.4, 0.5) is 10.5 Å². The maximum Gasteiger partial charge on any atom is 0.407 e. The van der Waals surface area contributed by atoms with Crippen molar-refractivity contribution in [2.24, 2.45) is 0 Å². The van der Waals surface area contributed by atoms with E-state index in [1.165, 1.54) is 18.0 Å². The summed E-state index contributed by atoms with van der Waals surface area (Å²) in [6.07, 6.45) is -0.606. The van der Waals surface area contributed by atoms with Gasteiger partial charge in [-0.15, -0.1) is 0 Å². The Morgan fingerprint density at radius 2 is 1.50 bits per heavy atom. The molecule has 1 atom stereocenters. The molecule has 174 valence electrons. The van der Waals surface area contributed by atoms with E-state index in [2.05, 4.69) is 17.4 Å². The molecule has 4 rings (SSSR count). The summed E-state index contributed by atoms with van der Waals surface area (Å²) in [6.45, 7) is 1.89. The van der Waals surface area contributed by atoms with Gasteiger partial charge in [-0.05, 0) is 41.3 Å². The molecule has 0 bridgehead atoms. The predicted molar refractivity (Wildman–Crippen MR) is 129 cm³/mol. The van der Waals surface area contributed by atoms with Crippen LogP contribution in [0.2, 0.25) is 0 Å². The largest absolute Gasteiger partial charge is 0.478 e. The number of anilines is 1. The Morgan fingerprint density at radius 3 is 2.12 bits per heavy atom. The molecule has 0 radical (unpaired) electrons. The summed E-state index contributed by atoms with van der Waals surface area (Å²) < 4.78 is 5.53. The molecule has 7 nitrogen and oxygen atoms in total. The number of hydrogen-bond donors (Lipinski definition) is 2. The molecule has 2 amide bonds. The van der Waals surface area contributed by atoms with E-state index in [0.29, 0.717) is 5.69 Å². The minimum Gasteiger partial charge on any atom is -0.478 e. The third-order valence-corrected chi connectivity index (χ3v) is 6.06. The number of amides is 2. The number of rotatable bonds is 7. The monoisotopic (exact) mass is 458 g/mol. The molecule has 0 saturated carbocycles. The van der Waals surface area contributed by atoms with E-state index >= 15 is 0 Å². The Morgan fingerprint density at radius 1 is 0.941 bits per heavy atom. The van der Waals surface area contributed by atoms with Crippen molar-refractivity contribution >= 4 is 23.7 Å². The Bertz CT molecular complexity index is 1190. The van der Waals surface area contributed by atoms with Crippen molar-refractivity contribution in [1.29, 1.82) is 0 Å². The number of benzene rings is 3. The quantitative estimate of drug-likeness (QED) is 0.537. The predicted octanol–water partition coefficient (Wildman–Crippen LogP) is 4.66. The highest BCUT2D eigenvalue weighted by molar-refractivity contribution is 6.01. The number of nitrogens with one attached hydrogen (secondary N) is 1. The minimum atomic E-state index is -1.11. The fourth-order valence-electron chi connectivity index (χ4n) is 4.37. The van der Waals surface area contributed by atoms with E-state index < -0.39 is 18.1 Å². The molecule has 1 aliphatic rings. The van der Waals surface area contributed by atoms with Gasteiger partial charge in [0.25, 0.3) is 0 Å². The molecule has 34 heavy (non-hydrogen) atoms. The van der Waals surface area contributed by atoms with Crippen LogP contribution in [0.25, 0.3) is 11.1 Å². The van der Waals surface area contributed by atoms with Crippen molar-refractivity contribution in [2.45, 2.75) is 25.3 Å². The molecule has 2 N–H and O–H groups in total. The SMILES string of the molecule is CC(CC(=O)N(C)c1ccccc1C(=O)O)NC(=O)OCC1c2ccccc2-c2ccccc21. The summed E-state index contributed by atoms with van der Waals surface area (Å²) in [4.78, 5) is 37.9. The number of alkyl carbamates (subject to hydrolysis) is 1. The number of carboxylic acids is 1. The first-order valence-electron chi connectivity index (χ1n) is 11.1. The lowest BCUT2D eigenvalue weighted by atomic mass is 9.98. The van der Waals surface area contributed by atoms with E-state index in [4.69, 9.17) is 4.74 Å². The molecule has 0 aromatic heterocycles. The first kappa shape index (κ1) is 23.0. The molecule has 3 aromatic rings. The van der Waals surface area contributed by atoms with Crippen molar-refractivity contribution in [1.82, 2.24) is 5.32 Å². The number of hydrogen-bond acceptors (Lipinski definition) is 4. The second-order valence-corrected chi connectivity index (χ2v) is 8.35. The molecule has 1 aliphatic carbocycles. The second-order valence-electron chi connectivity index (χ2n) is 8.35. The van der Waals surface area contributed by atoms with E-state index in [1.54, 1.807) is 25.1 Å². The number of ether oxygens (including phenoxy) is 1. The van der Waals surface area contributed by atoms with Crippen LogP contribution in [0.3, 0.4) is 0 Å². The number of nitrogens with zero attached hydrogens (tertiary/aromatic N) is 1. The fraction of sp³-hybridized carbons (Fsp3) is 0.222. The van der Waals surface area contributed by atoms with Gasteiger partial charge in [0.2, 0.25) is 5.91 Å². The van der Waals surface area contributed by atoms with Crippen molar-refractivity contribution in [2.75, 3.05) is 18.6 Å². The number of fused-ring (bicyclic) bond motifs is 3. The zero-order chi connectivity index (χ0) is 24.2. The first-order valence-corrected chi connectivity index (χ1v) is 11.1. The highest BCUT2D eigenvalue weighted by Crippen LogP contribution is 2.44. The molecular weight excluding hydrogens is 432 g/mol. The topological polar surface area (TPSA) is 95.9 Å². The van der Waals surface area contributed by atoms with Crippen molar-refractivity contribution < 1.29 is 24.2 Å². The Balaban J connectivity index is 1.34. The first-order chi connectivity index (χ1) is 16.4. The summed E-state index contributed by atoms with van der Waals surface area (Å²) >= 11 is 0. The second kappa shape index (κ2) is 9.79. The van der Waals surface area contributed by atoms with Crippen LogP contribution in [-0.2, 0) is 9.53 Å². The highest BCUT2D eigenvalue weighted by atomic mass is 16.5. The van der Waals surface area contributed by atoms with Crippen LogP contribution in [-0.4, -0.2) is 42.8 Å². The third-order valence-electron chi connectivity index (χ3n) is 6.06. The van der Waals surface area contributed by atoms with Crippen molar-refractivity contribution in [3.63, 3.8) is 0 Å². The molecule has 0 saturated heterocycles. The Kier molecular flexibility index (Phi) is 6.63. The standard InChI is InChI=1S/C27H26N2O5/c1-17(15-25(30)29(2)24-14-8-7-13-22(24)26(31)32)28-27(33)34-16-23-20-11-5-3-9-18(20)19-10-4-6-12-21(19)23/h3-14,17,23H,15-16H2,1-2H3,(H,28,33)(H,31,32). The smallest absolute Gasteiger partial charge is 0.407 e. The van der Waals surface area contributed by atoms with Crippen LogP contribution in [0, 0.1) is 0 Å². The molecule has 3 aromatic carbocycles. The lowest BCUT2D eigenvalue weighted by molar-refractivity contribution is -0.118. The Labute approximate surface area is 198 Å². The zero-order valence-corrected chi connectivity index (χ0v) is 19.0. The molecule has 0 aliphatic heterocycles. The lowest BCUT2D eigenvalue weighted by Gasteiger charge is -2.22. The normalized spacial score (nSPS) is 12.9. The van der Waals surface area contributed by atoms with Crippen LogP contribution >= 0.6 is 0 Å². The third kappa shape index (κ3) is 4.64. The number of carbonyl (C=O) groups excluding carboxylic acids is 2. The van der Waals surface area contributed by atoms with Gasteiger partial charge in [-0.25, -0.2) is 9.59 Å². The van der Waals surface area contributed by atoms with Gasteiger partial charge in [-0.1, -0.05) is 60.7 Å². The molecule has 0 spiro atoms. The maximum absolute atomic E-state index is 12.7. The summed E-state index contributed by atoms with van der Waals surface area (Å²) in [6, 6.07) is 22.0. The average Bonchev–Trinajstić information content (AvgIpc) is 3.15. The van der Waals surface area contributed by atoms with Gasteiger partial charge in [0, 0.05) is 25.4 Å². The summed E-state index contributed by atoms with van der Waals surface area (Å²) in [5.74, 6) is -1.48. The van der Waals surface area contributed by atoms with Crippen LogP contribution < -0.4 is 10.2 Å². The highest BCUT2D eigenvalue weighted by Gasteiger charge is 2.29. The summed E-state index contributed by atoms with van der Waals surface area (Å²) in [5, 5.41) is 12.1. The van der Waals surface area contributed by atoms with E-state index in [0.717, 1.165) is 22.3 Å². The van der Waals surface area contributed by atoms with Crippen LogP contribution in [0.15, 0.2) is 72.8 Å². The zero-order valence-electron chi connectivity index (χ0n) is 19.0. The van der Waals surface area contributed by atoms with Gasteiger partial charge in [-0.3, -0.25) is 4.79 Å². The van der Waals surface area contributed by atoms with E-state index in [-0.39, 0.29) is 30.4 Å². The number of aromatic carboxylic acids is 1. The van der Waals surface area contributed by atoms with Gasteiger partial charge in [-0.2, -0.15) is 0 Å². The van der Waals surface area contributed by atoms with E-state index in [1.807, 2.05) is 36.4 Å². The number of para-hydroxylation sites is 1. The van der Waals surface area contributed by atoms with Crippen LogP contribution in [0.1, 0.15) is 40.7 Å². The summed E-state index contributed by atoms with van der Waals surface area (Å²) in [5.41, 5.74) is 4.88. The van der Waals surface area contributed by atoms with Gasteiger partial charge < -0.3 is 20.1 Å². The van der Waals surface area contributed by atoms with Crippen molar-refractivity contribution in [3.05, 3.63) is 89.5 Å². The molecule has 1 unspecified atom stereocenters. The minimum absolute atomic E-state index is 0.00531. The summed E-state index contributed by atoms with van der Waals surface area (Å²) in [7, 11) is 1.52. The van der Waals surface area contributed by atoms with Gasteiger partial charge in [0.1, 0.15) is 6.61 Å². The number of carbonyl (C=O) groups is 3. The molecule has 7 heteroatoms.